The molecule has 46 heavy (non-hydrogen) atoms. The fourth-order valence-corrected chi connectivity index (χ4v) is 6.32. The van der Waals surface area contributed by atoms with Crippen molar-refractivity contribution in [2.45, 2.75) is 84.0 Å². The molecule has 3 aromatic rings. The Morgan fingerprint density at radius 2 is 1.72 bits per heavy atom. The molecular weight excluding hydrogens is 636 g/mol. The summed E-state index contributed by atoms with van der Waals surface area (Å²) in [6.07, 6.45) is 0.750. The van der Waals surface area contributed by atoms with Gasteiger partial charge in [0.15, 0.2) is 0 Å². The lowest BCUT2D eigenvalue weighted by atomic mass is 9.78. The summed E-state index contributed by atoms with van der Waals surface area (Å²) in [4.78, 5) is 56.8. The number of rotatable bonds is 12. The zero-order valence-corrected chi connectivity index (χ0v) is 27.8. The van der Waals surface area contributed by atoms with Crippen LogP contribution in [0.1, 0.15) is 63.8 Å². The van der Waals surface area contributed by atoms with Crippen molar-refractivity contribution < 1.29 is 28.3 Å². The van der Waals surface area contributed by atoms with Gasteiger partial charge in [-0.25, -0.2) is 9.18 Å². The quantitative estimate of drug-likeness (QED) is 0.176. The molecule has 1 aromatic heterocycles. The second-order valence-corrected chi connectivity index (χ2v) is 12.9. The van der Waals surface area contributed by atoms with Crippen molar-refractivity contribution in [3.8, 4) is 0 Å². The number of ether oxygens (including phenoxy) is 1. The van der Waals surface area contributed by atoms with Crippen LogP contribution >= 0.6 is 23.2 Å². The summed E-state index contributed by atoms with van der Waals surface area (Å²) in [5.74, 6) is -3.05. The topological polar surface area (TPSA) is 155 Å². The predicted octanol–water partition coefficient (Wildman–Crippen LogP) is 5.31. The van der Waals surface area contributed by atoms with Gasteiger partial charge in [-0.15, -0.1) is 0 Å². The number of carbonyl (C=O) groups is 4. The summed E-state index contributed by atoms with van der Waals surface area (Å²) < 4.78 is 19.3. The van der Waals surface area contributed by atoms with Crippen LogP contribution in [0.25, 0.3) is 10.9 Å². The van der Waals surface area contributed by atoms with E-state index in [4.69, 9.17) is 33.7 Å². The van der Waals surface area contributed by atoms with Gasteiger partial charge < -0.3 is 31.4 Å². The third-order valence-corrected chi connectivity index (χ3v) is 9.51. The largest absolute Gasteiger partial charge is 0.445 e. The van der Waals surface area contributed by atoms with Gasteiger partial charge in [0, 0.05) is 28.1 Å². The van der Waals surface area contributed by atoms with E-state index in [9.17, 15) is 23.6 Å². The molecule has 4 amide bonds. The Kier molecular flexibility index (Phi) is 11.2. The van der Waals surface area contributed by atoms with Crippen LogP contribution in [0.5, 0.6) is 0 Å². The van der Waals surface area contributed by atoms with E-state index < -0.39 is 47.3 Å². The number of aromatic amines is 1. The minimum absolute atomic E-state index is 0.0491. The Labute approximate surface area is 277 Å². The van der Waals surface area contributed by atoms with Crippen LogP contribution in [0.15, 0.2) is 36.4 Å². The van der Waals surface area contributed by atoms with Crippen LogP contribution in [0.3, 0.4) is 0 Å². The number of aromatic nitrogens is 1. The molecule has 1 aliphatic rings. The lowest BCUT2D eigenvalue weighted by Gasteiger charge is -2.39. The van der Waals surface area contributed by atoms with E-state index in [1.807, 2.05) is 13.8 Å². The number of benzene rings is 2. The standard InChI is InChI=1S/C33H40Cl2FN5O5/c1-5-17(3)26(29(37)42)39-31(44)33(12-11-25-22(15-33)21-13-20(34)14-23(35)28(21)38-25)41-30(43)27(18(4)6-2)40-32(45)46-16-19-9-7-8-10-24(19)36/h7-10,13-14,17-18,26-27,38H,5-6,11-12,15-16H2,1-4H3,(H2,37,42)(H,39,44)(H,40,45)(H,41,43)/t17-,18?,26-,27?,33+/m0/s1. The molecule has 6 N–H and O–H groups in total. The molecule has 248 valence electrons. The van der Waals surface area contributed by atoms with Crippen molar-refractivity contribution >= 4 is 57.9 Å². The first-order chi connectivity index (χ1) is 21.8. The summed E-state index contributed by atoms with van der Waals surface area (Å²) in [5.41, 5.74) is 6.59. The molecule has 2 aromatic carbocycles. The van der Waals surface area contributed by atoms with Crippen molar-refractivity contribution in [1.82, 2.24) is 20.9 Å². The molecule has 10 nitrogen and oxygen atoms in total. The van der Waals surface area contributed by atoms with Crippen molar-refractivity contribution in [3.05, 3.63) is 69.1 Å². The average molecular weight is 677 g/mol. The zero-order valence-electron chi connectivity index (χ0n) is 26.3. The maximum atomic E-state index is 14.2. The number of H-pyrrole nitrogens is 1. The van der Waals surface area contributed by atoms with Gasteiger partial charge >= 0.3 is 6.09 Å². The van der Waals surface area contributed by atoms with Crippen LogP contribution in [0.2, 0.25) is 10.0 Å². The number of fused-ring (bicyclic) bond motifs is 3. The number of halogens is 3. The molecule has 0 aliphatic heterocycles. The Bertz CT molecular complexity index is 1630. The number of hydrogen-bond acceptors (Lipinski definition) is 5. The second kappa shape index (κ2) is 14.7. The lowest BCUT2D eigenvalue weighted by Crippen LogP contribution is -2.67. The van der Waals surface area contributed by atoms with E-state index in [0.29, 0.717) is 40.2 Å². The van der Waals surface area contributed by atoms with Gasteiger partial charge in [0.05, 0.1) is 10.5 Å². The third-order valence-electron chi connectivity index (χ3n) is 8.99. The summed E-state index contributed by atoms with van der Waals surface area (Å²) in [7, 11) is 0. The first-order valence-corrected chi connectivity index (χ1v) is 16.1. The molecule has 4 rings (SSSR count). The van der Waals surface area contributed by atoms with Gasteiger partial charge in [-0.1, -0.05) is 81.9 Å². The Hall–Kier alpha value is -3.83. The first-order valence-electron chi connectivity index (χ1n) is 15.4. The minimum atomic E-state index is -1.53. The molecular formula is C33H40Cl2FN5O5. The highest BCUT2D eigenvalue weighted by Crippen LogP contribution is 2.38. The van der Waals surface area contributed by atoms with Crippen LogP contribution in [-0.4, -0.2) is 46.4 Å². The SMILES string of the molecule is CCC(C)C(NC(=O)OCc1ccccc1F)C(=O)N[C@]1(C(=O)N[C@H](C(N)=O)[C@@H](C)CC)CCc2[nH]c3c(Cl)cc(Cl)cc3c2C1. The maximum absolute atomic E-state index is 14.2. The van der Waals surface area contributed by atoms with Crippen molar-refractivity contribution in [1.29, 1.82) is 0 Å². The number of nitrogens with two attached hydrogens (primary N) is 1. The van der Waals surface area contributed by atoms with Gasteiger partial charge in [-0.05, 0) is 48.4 Å². The van der Waals surface area contributed by atoms with E-state index >= 15 is 0 Å². The van der Waals surface area contributed by atoms with Gasteiger partial charge in [0.25, 0.3) is 0 Å². The molecule has 0 saturated carbocycles. The van der Waals surface area contributed by atoms with E-state index in [0.717, 1.165) is 11.3 Å². The first kappa shape index (κ1) is 35.0. The third kappa shape index (κ3) is 7.58. The van der Waals surface area contributed by atoms with E-state index in [1.54, 1.807) is 32.0 Å². The Balaban J connectivity index is 1.66. The van der Waals surface area contributed by atoms with Gasteiger partial charge in [-0.3, -0.25) is 14.4 Å². The van der Waals surface area contributed by atoms with Crippen LogP contribution in [0, 0.1) is 17.7 Å². The number of amides is 4. The number of alkyl carbamates (subject to hydrolysis) is 1. The molecule has 0 fully saturated rings. The molecule has 0 bridgehead atoms. The molecule has 0 spiro atoms. The molecule has 0 saturated heterocycles. The maximum Gasteiger partial charge on any atom is 0.408 e. The van der Waals surface area contributed by atoms with E-state index in [-0.39, 0.29) is 36.8 Å². The van der Waals surface area contributed by atoms with Crippen molar-refractivity contribution in [2.75, 3.05) is 0 Å². The normalized spacial score (nSPS) is 18.5. The Morgan fingerprint density at radius 3 is 2.37 bits per heavy atom. The average Bonchev–Trinajstić information content (AvgIpc) is 3.38. The summed E-state index contributed by atoms with van der Waals surface area (Å²) in [6.45, 7) is 6.99. The smallest absolute Gasteiger partial charge is 0.408 e. The monoisotopic (exact) mass is 675 g/mol. The van der Waals surface area contributed by atoms with E-state index in [2.05, 4.69) is 20.9 Å². The van der Waals surface area contributed by atoms with Crippen LogP contribution < -0.4 is 21.7 Å². The predicted molar refractivity (Wildman–Crippen MR) is 175 cm³/mol. The number of hydrogen-bond donors (Lipinski definition) is 5. The number of aryl methyl sites for hydroxylation is 1. The number of nitrogens with one attached hydrogen (secondary N) is 4. The van der Waals surface area contributed by atoms with Crippen LogP contribution in [0.4, 0.5) is 9.18 Å². The highest BCUT2D eigenvalue weighted by atomic mass is 35.5. The number of primary amides is 1. The molecule has 1 aliphatic carbocycles. The van der Waals surface area contributed by atoms with Gasteiger partial charge in [0.1, 0.15) is 30.0 Å². The number of carbonyl (C=O) groups excluding carboxylic acids is 4. The lowest BCUT2D eigenvalue weighted by molar-refractivity contribution is -0.137. The molecule has 5 atom stereocenters. The van der Waals surface area contributed by atoms with Crippen molar-refractivity contribution in [2.24, 2.45) is 17.6 Å². The molecule has 0 radical (unpaired) electrons. The highest BCUT2D eigenvalue weighted by Gasteiger charge is 2.46. The fourth-order valence-electron chi connectivity index (χ4n) is 5.78. The Morgan fingerprint density at radius 1 is 1.04 bits per heavy atom. The molecule has 2 unspecified atom stereocenters. The molecule has 1 heterocycles. The van der Waals surface area contributed by atoms with Gasteiger partial charge in [-0.2, -0.15) is 0 Å². The van der Waals surface area contributed by atoms with Gasteiger partial charge in [0.2, 0.25) is 17.7 Å². The minimum Gasteiger partial charge on any atom is -0.445 e. The summed E-state index contributed by atoms with van der Waals surface area (Å²) in [5, 5.41) is 9.89. The second-order valence-electron chi connectivity index (χ2n) is 12.1. The van der Waals surface area contributed by atoms with Crippen LogP contribution in [-0.2, 0) is 38.6 Å². The zero-order chi connectivity index (χ0) is 33.8. The summed E-state index contributed by atoms with van der Waals surface area (Å²) >= 11 is 12.8. The van der Waals surface area contributed by atoms with Crippen molar-refractivity contribution in [3.63, 3.8) is 0 Å². The highest BCUT2D eigenvalue weighted by molar-refractivity contribution is 6.38. The molecule has 13 heteroatoms. The summed E-state index contributed by atoms with van der Waals surface area (Å²) in [6, 6.07) is 7.18. The fraction of sp³-hybridized carbons (Fsp3) is 0.455. The van der Waals surface area contributed by atoms with E-state index in [1.165, 1.54) is 18.2 Å².